The number of nitrogens with two attached hydrogens (primary N) is 1. The summed E-state index contributed by atoms with van der Waals surface area (Å²) < 4.78 is 0. The lowest BCUT2D eigenvalue weighted by atomic mass is 9.91. The predicted octanol–water partition coefficient (Wildman–Crippen LogP) is 1.32. The Bertz CT molecular complexity index is 435. The Morgan fingerprint density at radius 1 is 1.35 bits per heavy atom. The zero-order chi connectivity index (χ0) is 14.5. The first-order valence-electron chi connectivity index (χ1n) is 7.34. The molecule has 0 radical (unpaired) electrons. The Kier molecular flexibility index (Phi) is 5.15. The minimum absolute atomic E-state index is 0.0835. The van der Waals surface area contributed by atoms with Crippen molar-refractivity contribution in [3.8, 4) is 0 Å². The molecule has 1 aromatic carbocycles. The maximum Gasteiger partial charge on any atom is 0.239 e. The van der Waals surface area contributed by atoms with Gasteiger partial charge in [-0.25, -0.2) is 0 Å². The molecular weight excluding hydrogens is 252 g/mol. The van der Waals surface area contributed by atoms with Crippen LogP contribution in [0.25, 0.3) is 0 Å². The van der Waals surface area contributed by atoms with Crippen molar-refractivity contribution in [3.63, 3.8) is 0 Å². The molecule has 1 fully saturated rings. The fourth-order valence-corrected chi connectivity index (χ4v) is 2.92. The zero-order valence-electron chi connectivity index (χ0n) is 12.0. The van der Waals surface area contributed by atoms with Gasteiger partial charge in [0.15, 0.2) is 0 Å². The van der Waals surface area contributed by atoms with Crippen molar-refractivity contribution in [2.45, 2.75) is 50.3 Å². The molecular formula is C16H24N2O2. The van der Waals surface area contributed by atoms with Crippen LogP contribution < -0.4 is 5.73 Å². The molecule has 0 heterocycles. The summed E-state index contributed by atoms with van der Waals surface area (Å²) >= 11 is 0. The lowest BCUT2D eigenvalue weighted by Gasteiger charge is -2.36. The highest BCUT2D eigenvalue weighted by molar-refractivity contribution is 5.82. The van der Waals surface area contributed by atoms with Gasteiger partial charge in [0.2, 0.25) is 5.91 Å². The van der Waals surface area contributed by atoms with Crippen molar-refractivity contribution >= 4 is 5.91 Å². The summed E-state index contributed by atoms with van der Waals surface area (Å²) in [6, 6.07) is 9.16. The van der Waals surface area contributed by atoms with Crippen LogP contribution in [-0.2, 0) is 11.2 Å². The third kappa shape index (κ3) is 3.58. The molecule has 0 spiro atoms. The van der Waals surface area contributed by atoms with Crippen molar-refractivity contribution in [3.05, 3.63) is 35.9 Å². The number of carbonyl (C=O) groups is 1. The molecule has 0 aliphatic heterocycles. The number of aliphatic hydroxyl groups excluding tert-OH is 1. The van der Waals surface area contributed by atoms with Gasteiger partial charge in [0.25, 0.3) is 0 Å². The molecule has 1 aliphatic carbocycles. The third-order valence-electron chi connectivity index (χ3n) is 4.15. The van der Waals surface area contributed by atoms with E-state index in [1.54, 1.807) is 11.9 Å². The lowest BCUT2D eigenvalue weighted by Crippen LogP contribution is -2.52. The molecule has 1 aromatic rings. The van der Waals surface area contributed by atoms with Crippen LogP contribution in [0.1, 0.15) is 31.2 Å². The van der Waals surface area contributed by atoms with Crippen LogP contribution in [-0.4, -0.2) is 41.1 Å². The molecule has 2 rings (SSSR count). The smallest absolute Gasteiger partial charge is 0.239 e. The van der Waals surface area contributed by atoms with Crippen molar-refractivity contribution in [2.24, 2.45) is 5.73 Å². The first-order valence-corrected chi connectivity index (χ1v) is 7.34. The van der Waals surface area contributed by atoms with Crippen molar-refractivity contribution < 1.29 is 9.90 Å². The highest BCUT2D eigenvalue weighted by Crippen LogP contribution is 2.22. The second-order valence-corrected chi connectivity index (χ2v) is 5.66. The number of hydrogen-bond acceptors (Lipinski definition) is 3. The molecule has 4 heteroatoms. The van der Waals surface area contributed by atoms with Crippen LogP contribution in [0.4, 0.5) is 0 Å². The van der Waals surface area contributed by atoms with Crippen molar-refractivity contribution in [1.82, 2.24) is 4.90 Å². The summed E-state index contributed by atoms with van der Waals surface area (Å²) in [4.78, 5) is 14.0. The van der Waals surface area contributed by atoms with Gasteiger partial charge in [0.05, 0.1) is 18.2 Å². The molecule has 0 saturated heterocycles. The van der Waals surface area contributed by atoms with E-state index in [4.69, 9.17) is 5.73 Å². The van der Waals surface area contributed by atoms with Crippen LogP contribution in [0.2, 0.25) is 0 Å². The number of amides is 1. The number of benzene rings is 1. The Morgan fingerprint density at radius 3 is 2.65 bits per heavy atom. The maximum atomic E-state index is 12.4. The van der Waals surface area contributed by atoms with Gasteiger partial charge in [-0.15, -0.1) is 0 Å². The highest BCUT2D eigenvalue weighted by atomic mass is 16.3. The second-order valence-electron chi connectivity index (χ2n) is 5.66. The summed E-state index contributed by atoms with van der Waals surface area (Å²) in [7, 11) is 1.76. The SMILES string of the molecule is CN(C(=O)C(N)Cc1ccccc1)C1CCCCC1O. The summed E-state index contributed by atoms with van der Waals surface area (Å²) in [5.41, 5.74) is 7.09. The van der Waals surface area contributed by atoms with Gasteiger partial charge in [0.1, 0.15) is 0 Å². The van der Waals surface area contributed by atoms with Gasteiger partial charge in [0, 0.05) is 7.05 Å². The van der Waals surface area contributed by atoms with Gasteiger partial charge < -0.3 is 15.7 Å². The second kappa shape index (κ2) is 6.86. The van der Waals surface area contributed by atoms with E-state index in [9.17, 15) is 9.90 Å². The molecule has 110 valence electrons. The summed E-state index contributed by atoms with van der Waals surface area (Å²) in [5, 5.41) is 10.0. The Balaban J connectivity index is 1.95. The van der Waals surface area contributed by atoms with Crippen LogP contribution in [0.5, 0.6) is 0 Å². The maximum absolute atomic E-state index is 12.4. The number of nitrogens with zero attached hydrogens (tertiary/aromatic N) is 1. The van der Waals surface area contributed by atoms with Crippen molar-refractivity contribution in [2.75, 3.05) is 7.05 Å². The Hall–Kier alpha value is -1.39. The van der Waals surface area contributed by atoms with E-state index in [2.05, 4.69) is 0 Å². The molecule has 4 nitrogen and oxygen atoms in total. The van der Waals surface area contributed by atoms with E-state index < -0.39 is 12.1 Å². The Morgan fingerprint density at radius 2 is 2.00 bits per heavy atom. The number of carbonyl (C=O) groups excluding carboxylic acids is 1. The van der Waals surface area contributed by atoms with Crippen LogP contribution in [0.3, 0.4) is 0 Å². The fraction of sp³-hybridized carbons (Fsp3) is 0.562. The van der Waals surface area contributed by atoms with Crippen molar-refractivity contribution in [1.29, 1.82) is 0 Å². The monoisotopic (exact) mass is 276 g/mol. The molecule has 0 aromatic heterocycles. The molecule has 1 saturated carbocycles. The highest BCUT2D eigenvalue weighted by Gasteiger charge is 2.31. The van der Waals surface area contributed by atoms with E-state index in [1.807, 2.05) is 30.3 Å². The topological polar surface area (TPSA) is 66.6 Å². The normalized spacial score (nSPS) is 24.1. The van der Waals surface area contributed by atoms with Crippen LogP contribution in [0, 0.1) is 0 Å². The average molecular weight is 276 g/mol. The van der Waals surface area contributed by atoms with Crippen LogP contribution in [0.15, 0.2) is 30.3 Å². The molecule has 3 unspecified atom stereocenters. The predicted molar refractivity (Wildman–Crippen MR) is 79.2 cm³/mol. The van der Waals surface area contributed by atoms with E-state index in [-0.39, 0.29) is 11.9 Å². The minimum atomic E-state index is -0.545. The standard InChI is InChI=1S/C16H24N2O2/c1-18(14-9-5-6-10-15(14)19)16(20)13(17)11-12-7-3-2-4-8-12/h2-4,7-8,13-15,19H,5-6,9-11,17H2,1H3. The van der Waals surface area contributed by atoms with Gasteiger partial charge in [-0.2, -0.15) is 0 Å². The van der Waals surface area contributed by atoms with E-state index >= 15 is 0 Å². The number of likely N-dealkylation sites (N-methyl/N-ethyl adjacent to an activating group) is 1. The summed E-state index contributed by atoms with van der Waals surface area (Å²) in [6.07, 6.45) is 3.86. The quantitative estimate of drug-likeness (QED) is 0.871. The molecule has 20 heavy (non-hydrogen) atoms. The van der Waals surface area contributed by atoms with Crippen LogP contribution >= 0.6 is 0 Å². The molecule has 1 aliphatic rings. The first kappa shape index (κ1) is 15.0. The zero-order valence-corrected chi connectivity index (χ0v) is 12.0. The minimum Gasteiger partial charge on any atom is -0.391 e. The number of aliphatic hydroxyl groups is 1. The molecule has 1 amide bonds. The van der Waals surface area contributed by atoms with Gasteiger partial charge >= 0.3 is 0 Å². The lowest BCUT2D eigenvalue weighted by molar-refractivity contribution is -0.136. The van der Waals surface area contributed by atoms with Gasteiger partial charge in [-0.05, 0) is 24.8 Å². The summed E-state index contributed by atoms with van der Waals surface area (Å²) in [5.74, 6) is -0.0835. The van der Waals surface area contributed by atoms with E-state index in [0.29, 0.717) is 6.42 Å². The Labute approximate surface area is 120 Å². The number of hydrogen-bond donors (Lipinski definition) is 2. The average Bonchev–Trinajstić information content (AvgIpc) is 2.47. The molecule has 3 atom stereocenters. The van der Waals surface area contributed by atoms with E-state index in [1.165, 1.54) is 0 Å². The summed E-state index contributed by atoms with van der Waals surface area (Å²) in [6.45, 7) is 0. The first-order chi connectivity index (χ1) is 9.59. The fourth-order valence-electron chi connectivity index (χ4n) is 2.92. The molecule has 0 bridgehead atoms. The third-order valence-corrected chi connectivity index (χ3v) is 4.15. The van der Waals surface area contributed by atoms with E-state index in [0.717, 1.165) is 31.2 Å². The molecule has 3 N–H and O–H groups in total. The largest absolute Gasteiger partial charge is 0.391 e. The van der Waals surface area contributed by atoms with Gasteiger partial charge in [-0.3, -0.25) is 4.79 Å². The number of rotatable bonds is 4. The van der Waals surface area contributed by atoms with Gasteiger partial charge in [-0.1, -0.05) is 43.2 Å².